The number of ether oxygens (including phenoxy) is 1. The highest BCUT2D eigenvalue weighted by Crippen LogP contribution is 2.13. The summed E-state index contributed by atoms with van der Waals surface area (Å²) < 4.78 is 5.09. The van der Waals surface area contributed by atoms with Crippen LogP contribution in [0.4, 0.5) is 4.79 Å². The standard InChI is InChI=1S/C14H16ClN3O2/c1-14(2,3)20-13(19)17-6-4-5-10-7-11(8-16)12(15)18-9-10/h4-5,7,9H,6H2,1-3H3,(H,17,19). The number of nitriles is 1. The van der Waals surface area contributed by atoms with Crippen molar-refractivity contribution >= 4 is 23.8 Å². The zero-order chi connectivity index (χ0) is 15.2. The number of alkyl carbamates (subject to hydrolysis) is 1. The highest BCUT2D eigenvalue weighted by molar-refractivity contribution is 6.30. The van der Waals surface area contributed by atoms with E-state index in [1.54, 1.807) is 45.2 Å². The minimum Gasteiger partial charge on any atom is -0.444 e. The van der Waals surface area contributed by atoms with E-state index in [1.165, 1.54) is 0 Å². The summed E-state index contributed by atoms with van der Waals surface area (Å²) in [6.07, 6.45) is 4.54. The van der Waals surface area contributed by atoms with Crippen molar-refractivity contribution in [3.63, 3.8) is 0 Å². The van der Waals surface area contributed by atoms with Crippen LogP contribution in [0.25, 0.3) is 6.08 Å². The van der Waals surface area contributed by atoms with Gasteiger partial charge in [0.25, 0.3) is 0 Å². The first kappa shape index (κ1) is 16.0. The summed E-state index contributed by atoms with van der Waals surface area (Å²) in [5, 5.41) is 11.6. The predicted molar refractivity (Wildman–Crippen MR) is 77.2 cm³/mol. The van der Waals surface area contributed by atoms with Gasteiger partial charge in [-0.15, -0.1) is 0 Å². The summed E-state index contributed by atoms with van der Waals surface area (Å²) in [6, 6.07) is 3.58. The Morgan fingerprint density at radius 3 is 2.90 bits per heavy atom. The zero-order valence-electron chi connectivity index (χ0n) is 11.6. The largest absolute Gasteiger partial charge is 0.444 e. The fourth-order valence-corrected chi connectivity index (χ4v) is 1.43. The van der Waals surface area contributed by atoms with Gasteiger partial charge in [-0.25, -0.2) is 9.78 Å². The Balaban J connectivity index is 2.50. The summed E-state index contributed by atoms with van der Waals surface area (Å²) in [6.45, 7) is 5.71. The molecular weight excluding hydrogens is 278 g/mol. The van der Waals surface area contributed by atoms with Crippen LogP contribution >= 0.6 is 11.6 Å². The highest BCUT2D eigenvalue weighted by atomic mass is 35.5. The van der Waals surface area contributed by atoms with Crippen molar-refractivity contribution in [3.05, 3.63) is 34.6 Å². The molecule has 1 aromatic heterocycles. The maximum Gasteiger partial charge on any atom is 0.407 e. The SMILES string of the molecule is CC(C)(C)OC(=O)NCC=Cc1cnc(Cl)c(C#N)c1. The quantitative estimate of drug-likeness (QED) is 0.869. The molecule has 0 fully saturated rings. The van der Waals surface area contributed by atoms with Gasteiger partial charge >= 0.3 is 6.09 Å². The molecule has 1 rings (SSSR count). The third-order valence-corrected chi connectivity index (χ3v) is 2.36. The number of rotatable bonds is 3. The summed E-state index contributed by atoms with van der Waals surface area (Å²) in [4.78, 5) is 15.3. The van der Waals surface area contributed by atoms with Gasteiger partial charge in [0.15, 0.2) is 0 Å². The Kier molecular flexibility index (Phi) is 5.53. The molecule has 0 radical (unpaired) electrons. The van der Waals surface area contributed by atoms with E-state index in [0.29, 0.717) is 12.1 Å². The molecule has 0 atom stereocenters. The Morgan fingerprint density at radius 2 is 2.30 bits per heavy atom. The van der Waals surface area contributed by atoms with Gasteiger partial charge in [-0.1, -0.05) is 23.8 Å². The molecular formula is C14H16ClN3O2. The molecule has 106 valence electrons. The van der Waals surface area contributed by atoms with Crippen molar-refractivity contribution in [2.45, 2.75) is 26.4 Å². The van der Waals surface area contributed by atoms with E-state index in [4.69, 9.17) is 21.6 Å². The van der Waals surface area contributed by atoms with E-state index in [-0.39, 0.29) is 5.15 Å². The lowest BCUT2D eigenvalue weighted by atomic mass is 10.2. The second-order valence-electron chi connectivity index (χ2n) is 5.00. The van der Waals surface area contributed by atoms with Crippen molar-refractivity contribution in [1.82, 2.24) is 10.3 Å². The molecule has 1 heterocycles. The molecule has 0 aliphatic heterocycles. The lowest BCUT2D eigenvalue weighted by Crippen LogP contribution is -2.32. The molecule has 6 heteroatoms. The van der Waals surface area contributed by atoms with Gasteiger partial charge in [0.2, 0.25) is 0 Å². The average Bonchev–Trinajstić information content (AvgIpc) is 2.34. The Morgan fingerprint density at radius 1 is 1.60 bits per heavy atom. The molecule has 0 aromatic carbocycles. The number of pyridine rings is 1. The molecule has 0 saturated heterocycles. The van der Waals surface area contributed by atoms with Crippen LogP contribution in [0.2, 0.25) is 5.15 Å². The lowest BCUT2D eigenvalue weighted by Gasteiger charge is -2.19. The van der Waals surface area contributed by atoms with Crippen molar-refractivity contribution in [2.75, 3.05) is 6.54 Å². The first-order valence-corrected chi connectivity index (χ1v) is 6.38. The van der Waals surface area contributed by atoms with Gasteiger partial charge in [-0.05, 0) is 32.4 Å². The number of nitrogens with zero attached hydrogens (tertiary/aromatic N) is 2. The molecule has 1 N–H and O–H groups in total. The van der Waals surface area contributed by atoms with E-state index in [2.05, 4.69) is 10.3 Å². The van der Waals surface area contributed by atoms with E-state index in [1.807, 2.05) is 6.07 Å². The minimum absolute atomic E-state index is 0.177. The Hall–Kier alpha value is -2.06. The monoisotopic (exact) mass is 293 g/mol. The van der Waals surface area contributed by atoms with Gasteiger partial charge in [0.1, 0.15) is 16.8 Å². The summed E-state index contributed by atoms with van der Waals surface area (Å²) in [5.74, 6) is 0. The first-order valence-electron chi connectivity index (χ1n) is 6.01. The van der Waals surface area contributed by atoms with Gasteiger partial charge < -0.3 is 10.1 Å². The second kappa shape index (κ2) is 6.92. The third-order valence-electron chi connectivity index (χ3n) is 2.05. The third kappa shape index (κ3) is 5.72. The molecule has 0 aliphatic carbocycles. The minimum atomic E-state index is -0.518. The van der Waals surface area contributed by atoms with Crippen LogP contribution in [0.3, 0.4) is 0 Å². The molecule has 0 spiro atoms. The van der Waals surface area contributed by atoms with E-state index in [0.717, 1.165) is 5.56 Å². The average molecular weight is 294 g/mol. The molecule has 1 aromatic rings. The van der Waals surface area contributed by atoms with Gasteiger partial charge in [0.05, 0.1) is 5.56 Å². The summed E-state index contributed by atoms with van der Waals surface area (Å²) >= 11 is 5.73. The number of carbonyl (C=O) groups is 1. The smallest absolute Gasteiger partial charge is 0.407 e. The molecule has 20 heavy (non-hydrogen) atoms. The van der Waals surface area contributed by atoms with Crippen molar-refractivity contribution < 1.29 is 9.53 Å². The van der Waals surface area contributed by atoms with Crippen molar-refractivity contribution in [3.8, 4) is 6.07 Å². The zero-order valence-corrected chi connectivity index (χ0v) is 12.4. The number of nitrogens with one attached hydrogen (secondary N) is 1. The topological polar surface area (TPSA) is 75.0 Å². The van der Waals surface area contributed by atoms with Crippen LogP contribution in [-0.4, -0.2) is 23.2 Å². The number of hydrogen-bond donors (Lipinski definition) is 1. The summed E-state index contributed by atoms with van der Waals surface area (Å²) in [5.41, 5.74) is 0.529. The second-order valence-corrected chi connectivity index (χ2v) is 5.36. The predicted octanol–water partition coefficient (Wildman–Crippen LogP) is 3.14. The lowest BCUT2D eigenvalue weighted by molar-refractivity contribution is 0.0534. The van der Waals surface area contributed by atoms with Crippen LogP contribution in [0.5, 0.6) is 0 Å². The Bertz CT molecular complexity index is 557. The Labute approximate surface area is 123 Å². The highest BCUT2D eigenvalue weighted by Gasteiger charge is 2.14. The maximum absolute atomic E-state index is 11.4. The van der Waals surface area contributed by atoms with Crippen LogP contribution in [-0.2, 0) is 4.74 Å². The fourth-order valence-electron chi connectivity index (χ4n) is 1.29. The van der Waals surface area contributed by atoms with Crippen LogP contribution in [0, 0.1) is 11.3 Å². The molecule has 1 amide bonds. The fraction of sp³-hybridized carbons (Fsp3) is 0.357. The van der Waals surface area contributed by atoms with Crippen molar-refractivity contribution in [1.29, 1.82) is 5.26 Å². The number of halogens is 1. The number of hydrogen-bond acceptors (Lipinski definition) is 4. The molecule has 0 unspecified atom stereocenters. The normalized spacial score (nSPS) is 11.2. The van der Waals surface area contributed by atoms with Crippen molar-refractivity contribution in [2.24, 2.45) is 0 Å². The number of amides is 1. The number of aromatic nitrogens is 1. The molecule has 0 saturated carbocycles. The van der Waals surface area contributed by atoms with Gasteiger partial charge in [-0.3, -0.25) is 0 Å². The van der Waals surface area contributed by atoms with E-state index in [9.17, 15) is 4.79 Å². The van der Waals surface area contributed by atoms with E-state index >= 15 is 0 Å². The molecule has 0 aliphatic rings. The molecule has 5 nitrogen and oxygen atoms in total. The van der Waals surface area contributed by atoms with E-state index < -0.39 is 11.7 Å². The van der Waals surface area contributed by atoms with Gasteiger partial charge in [0, 0.05) is 12.7 Å². The van der Waals surface area contributed by atoms with Crippen LogP contribution < -0.4 is 5.32 Å². The van der Waals surface area contributed by atoms with Crippen LogP contribution in [0.15, 0.2) is 18.3 Å². The first-order chi connectivity index (χ1) is 9.31. The van der Waals surface area contributed by atoms with Crippen LogP contribution in [0.1, 0.15) is 31.9 Å². The number of carbonyl (C=O) groups excluding carboxylic acids is 1. The maximum atomic E-state index is 11.4. The summed E-state index contributed by atoms with van der Waals surface area (Å²) in [7, 11) is 0. The van der Waals surface area contributed by atoms with Gasteiger partial charge in [-0.2, -0.15) is 5.26 Å². The molecule has 0 bridgehead atoms.